The van der Waals surface area contributed by atoms with E-state index < -0.39 is 0 Å². The lowest BCUT2D eigenvalue weighted by Crippen LogP contribution is -2.35. The Balaban J connectivity index is 0.00000171. The molecule has 7 heteroatoms. The summed E-state index contributed by atoms with van der Waals surface area (Å²) >= 11 is 0. The van der Waals surface area contributed by atoms with Crippen LogP contribution in [0, 0.1) is 11.8 Å². The molecule has 2 unspecified atom stereocenters. The average Bonchev–Trinajstić information content (AvgIpc) is 3.17. The van der Waals surface area contributed by atoms with Gasteiger partial charge >= 0.3 is 0 Å². The van der Waals surface area contributed by atoms with Gasteiger partial charge in [-0.25, -0.2) is 4.98 Å². The highest BCUT2D eigenvalue weighted by atomic mass is 35.5. The molecule has 1 fully saturated rings. The normalized spacial score (nSPS) is 16.7. The lowest BCUT2D eigenvalue weighted by Gasteiger charge is -2.28. The van der Waals surface area contributed by atoms with E-state index in [0.717, 1.165) is 36.2 Å². The lowest BCUT2D eigenvalue weighted by molar-refractivity contribution is -0.122. The summed E-state index contributed by atoms with van der Waals surface area (Å²) in [5.41, 5.74) is 4.52. The van der Waals surface area contributed by atoms with Crippen LogP contribution in [0.1, 0.15) is 37.3 Å². The van der Waals surface area contributed by atoms with Gasteiger partial charge in [0.05, 0.1) is 17.4 Å². The Hall–Kier alpha value is -2.08. The number of hydrogen-bond acceptors (Lipinski definition) is 3. The molecule has 0 spiro atoms. The molecule has 168 valence electrons. The second-order valence-corrected chi connectivity index (χ2v) is 8.24. The molecule has 31 heavy (non-hydrogen) atoms. The van der Waals surface area contributed by atoms with E-state index in [0.29, 0.717) is 24.8 Å². The van der Waals surface area contributed by atoms with Crippen molar-refractivity contribution in [1.29, 1.82) is 0 Å². The largest absolute Gasteiger partial charge is 0.352 e. The molecule has 1 amide bonds. The topological polar surface area (TPSA) is 59.0 Å². The third kappa shape index (κ3) is 6.70. The van der Waals surface area contributed by atoms with Gasteiger partial charge in [-0.3, -0.25) is 4.79 Å². The molecule has 1 aliphatic heterocycles. The van der Waals surface area contributed by atoms with Gasteiger partial charge < -0.3 is 15.2 Å². The molecule has 2 N–H and O–H groups in total. The van der Waals surface area contributed by atoms with Gasteiger partial charge in [-0.1, -0.05) is 43.3 Å². The zero-order valence-corrected chi connectivity index (χ0v) is 19.6. The summed E-state index contributed by atoms with van der Waals surface area (Å²) in [5, 5.41) is 6.52. The first-order valence-corrected chi connectivity index (χ1v) is 10.6. The van der Waals surface area contributed by atoms with E-state index in [-0.39, 0.29) is 30.7 Å². The van der Waals surface area contributed by atoms with Crippen LogP contribution in [0.25, 0.3) is 11.0 Å². The molecule has 0 radical (unpaired) electrons. The van der Waals surface area contributed by atoms with Gasteiger partial charge in [0.25, 0.3) is 0 Å². The van der Waals surface area contributed by atoms with Crippen LogP contribution < -0.4 is 10.6 Å². The van der Waals surface area contributed by atoms with Crippen LogP contribution in [0.2, 0.25) is 0 Å². The van der Waals surface area contributed by atoms with E-state index in [4.69, 9.17) is 0 Å². The standard InChI is InChI=1S/C24H30N4O.2ClH/c1-18(21-5-4-12-25-15-21)13-24(29)26-14-19-8-10-20(11-9-19)16-28-17-27-22-6-2-3-7-23(22)28;;/h2-3,6-11,17-18,21,25H,4-5,12-16H2,1H3,(H,26,29);2*1H. The van der Waals surface area contributed by atoms with Crippen LogP contribution in [0.4, 0.5) is 0 Å². The summed E-state index contributed by atoms with van der Waals surface area (Å²) in [4.78, 5) is 16.8. The second kappa shape index (κ2) is 12.1. The predicted molar refractivity (Wildman–Crippen MR) is 131 cm³/mol. The summed E-state index contributed by atoms with van der Waals surface area (Å²) in [6, 6.07) is 16.6. The van der Waals surface area contributed by atoms with Crippen LogP contribution in [-0.2, 0) is 17.9 Å². The number of nitrogens with zero attached hydrogens (tertiary/aromatic N) is 2. The first kappa shape index (κ1) is 25.2. The van der Waals surface area contributed by atoms with Gasteiger partial charge in [-0.2, -0.15) is 0 Å². The van der Waals surface area contributed by atoms with Crippen molar-refractivity contribution in [3.63, 3.8) is 0 Å². The fourth-order valence-electron chi connectivity index (χ4n) is 4.19. The lowest BCUT2D eigenvalue weighted by atomic mass is 9.85. The van der Waals surface area contributed by atoms with Gasteiger partial charge in [0.2, 0.25) is 5.91 Å². The molecule has 4 rings (SSSR count). The van der Waals surface area contributed by atoms with E-state index in [1.165, 1.54) is 18.4 Å². The molecule has 0 bridgehead atoms. The van der Waals surface area contributed by atoms with Gasteiger partial charge in [0, 0.05) is 19.5 Å². The molecule has 5 nitrogen and oxygen atoms in total. The number of benzene rings is 2. The van der Waals surface area contributed by atoms with Crippen LogP contribution in [0.5, 0.6) is 0 Å². The van der Waals surface area contributed by atoms with Gasteiger partial charge in [-0.05, 0) is 61.0 Å². The van der Waals surface area contributed by atoms with Crippen molar-refractivity contribution in [2.45, 2.75) is 39.3 Å². The van der Waals surface area contributed by atoms with Crippen molar-refractivity contribution in [3.8, 4) is 0 Å². The van der Waals surface area contributed by atoms with E-state index in [9.17, 15) is 4.79 Å². The van der Waals surface area contributed by atoms with Crippen LogP contribution in [0.15, 0.2) is 54.9 Å². The van der Waals surface area contributed by atoms with Gasteiger partial charge in [0.1, 0.15) is 0 Å². The van der Waals surface area contributed by atoms with E-state index in [1.54, 1.807) is 0 Å². The number of halogens is 2. The van der Waals surface area contributed by atoms with Crippen molar-refractivity contribution >= 4 is 41.8 Å². The summed E-state index contributed by atoms with van der Waals surface area (Å²) in [7, 11) is 0. The number of rotatable bonds is 7. The molecular formula is C24H32Cl2N4O. The zero-order chi connectivity index (χ0) is 20.1. The molecule has 0 aliphatic carbocycles. The number of carbonyl (C=O) groups excluding carboxylic acids is 1. The maximum absolute atomic E-state index is 12.3. The minimum Gasteiger partial charge on any atom is -0.352 e. The number of imidazole rings is 1. The first-order valence-electron chi connectivity index (χ1n) is 10.6. The molecule has 2 atom stereocenters. The van der Waals surface area contributed by atoms with Crippen molar-refractivity contribution < 1.29 is 4.79 Å². The molecule has 1 saturated heterocycles. The summed E-state index contributed by atoms with van der Waals surface area (Å²) in [5.74, 6) is 1.19. The molecule has 3 aromatic rings. The predicted octanol–water partition coefficient (Wildman–Crippen LogP) is 4.57. The molecule has 2 heterocycles. The first-order chi connectivity index (χ1) is 14.2. The maximum Gasteiger partial charge on any atom is 0.220 e. The summed E-state index contributed by atoms with van der Waals surface area (Å²) in [6.45, 7) is 5.74. The quantitative estimate of drug-likeness (QED) is 0.540. The third-order valence-electron chi connectivity index (χ3n) is 6.04. The Kier molecular flexibility index (Phi) is 9.82. The van der Waals surface area contributed by atoms with Crippen molar-refractivity contribution in [3.05, 3.63) is 66.0 Å². The Morgan fingerprint density at radius 3 is 2.65 bits per heavy atom. The molecule has 0 saturated carbocycles. The van der Waals surface area contributed by atoms with Gasteiger partial charge in [-0.15, -0.1) is 24.8 Å². The Labute approximate surface area is 196 Å². The van der Waals surface area contributed by atoms with Crippen LogP contribution in [0.3, 0.4) is 0 Å². The fraction of sp³-hybridized carbons (Fsp3) is 0.417. The monoisotopic (exact) mass is 462 g/mol. The number of carbonyl (C=O) groups is 1. The highest BCUT2D eigenvalue weighted by Crippen LogP contribution is 2.22. The number of aromatic nitrogens is 2. The molecule has 1 aromatic heterocycles. The van der Waals surface area contributed by atoms with Crippen LogP contribution >= 0.6 is 24.8 Å². The molecule has 1 aliphatic rings. The SMILES string of the molecule is CC(CC(=O)NCc1ccc(Cn2cnc3ccccc32)cc1)C1CCCNC1.Cl.Cl. The highest BCUT2D eigenvalue weighted by molar-refractivity contribution is 5.85. The highest BCUT2D eigenvalue weighted by Gasteiger charge is 2.21. The Morgan fingerprint density at radius 1 is 1.16 bits per heavy atom. The van der Waals surface area contributed by atoms with E-state index in [1.807, 2.05) is 24.5 Å². The average molecular weight is 463 g/mol. The second-order valence-electron chi connectivity index (χ2n) is 8.24. The van der Waals surface area contributed by atoms with Crippen molar-refractivity contribution in [2.24, 2.45) is 11.8 Å². The summed E-state index contributed by atoms with van der Waals surface area (Å²) in [6.07, 6.45) is 4.95. The van der Waals surface area contributed by atoms with Crippen molar-refractivity contribution in [1.82, 2.24) is 20.2 Å². The van der Waals surface area contributed by atoms with Gasteiger partial charge in [0.15, 0.2) is 0 Å². The minimum atomic E-state index is 0. The Bertz CT molecular complexity index is 952. The number of nitrogens with one attached hydrogen (secondary N) is 2. The zero-order valence-electron chi connectivity index (χ0n) is 17.9. The van der Waals surface area contributed by atoms with Crippen LogP contribution in [-0.4, -0.2) is 28.5 Å². The number of fused-ring (bicyclic) bond motifs is 1. The Morgan fingerprint density at radius 2 is 1.90 bits per heavy atom. The number of hydrogen-bond donors (Lipinski definition) is 2. The minimum absolute atomic E-state index is 0. The third-order valence-corrected chi connectivity index (χ3v) is 6.04. The maximum atomic E-state index is 12.3. The van der Waals surface area contributed by atoms with Crippen molar-refractivity contribution in [2.75, 3.05) is 13.1 Å². The van der Waals surface area contributed by atoms with E-state index >= 15 is 0 Å². The van der Waals surface area contributed by atoms with E-state index in [2.05, 4.69) is 57.4 Å². The molecular weight excluding hydrogens is 431 g/mol. The number of piperidine rings is 1. The fourth-order valence-corrected chi connectivity index (χ4v) is 4.19. The number of amides is 1. The summed E-state index contributed by atoms with van der Waals surface area (Å²) < 4.78 is 2.16. The number of para-hydroxylation sites is 2. The molecule has 2 aromatic carbocycles. The smallest absolute Gasteiger partial charge is 0.220 e.